The van der Waals surface area contributed by atoms with E-state index in [1.165, 1.54) is 44.6 Å². The molecule has 0 heterocycles. The topological polar surface area (TPSA) is 119 Å². The number of rotatable bonds is 7. The molecule has 2 aromatic rings. The monoisotopic (exact) mass is 454 g/mol. The summed E-state index contributed by atoms with van der Waals surface area (Å²) in [5.41, 5.74) is 0.217. The number of ether oxygens (including phenoxy) is 2. The van der Waals surface area contributed by atoms with Gasteiger partial charge in [-0.3, -0.25) is 9.10 Å². The number of methoxy groups -OCH3 is 2. The summed E-state index contributed by atoms with van der Waals surface area (Å²) >= 11 is 6.07. The highest BCUT2D eigenvalue weighted by atomic mass is 35.5. The lowest BCUT2D eigenvalue weighted by Gasteiger charge is -2.23. The minimum absolute atomic E-state index is 0.00164. The average Bonchev–Trinajstić information content (AvgIpc) is 2.70. The van der Waals surface area contributed by atoms with E-state index in [1.807, 2.05) is 0 Å². The molecular formula is C19H19ClN2O7S. The number of carbonyl (C=O) groups is 3. The molecular weight excluding hydrogens is 436 g/mol. The molecule has 9 nitrogen and oxygen atoms in total. The fourth-order valence-electron chi connectivity index (χ4n) is 2.54. The Morgan fingerprint density at radius 3 is 2.00 bits per heavy atom. The third-order valence-corrected chi connectivity index (χ3v) is 5.31. The van der Waals surface area contributed by atoms with Crippen molar-refractivity contribution in [2.45, 2.75) is 0 Å². The van der Waals surface area contributed by atoms with E-state index in [-0.39, 0.29) is 27.5 Å². The first-order valence-corrected chi connectivity index (χ1v) is 10.6. The number of benzene rings is 2. The van der Waals surface area contributed by atoms with Crippen LogP contribution in [-0.4, -0.2) is 53.3 Å². The zero-order valence-corrected chi connectivity index (χ0v) is 17.9. The molecule has 2 aromatic carbocycles. The smallest absolute Gasteiger partial charge is 0.337 e. The second-order valence-corrected chi connectivity index (χ2v) is 8.37. The van der Waals surface area contributed by atoms with E-state index in [1.54, 1.807) is 12.1 Å². The van der Waals surface area contributed by atoms with Crippen molar-refractivity contribution in [2.24, 2.45) is 0 Å². The lowest BCUT2D eigenvalue weighted by Crippen LogP contribution is -2.37. The fourth-order valence-corrected chi connectivity index (χ4v) is 3.69. The summed E-state index contributed by atoms with van der Waals surface area (Å²) in [7, 11) is -1.51. The molecule has 1 N–H and O–H groups in total. The van der Waals surface area contributed by atoms with Crippen LogP contribution in [-0.2, 0) is 24.3 Å². The minimum Gasteiger partial charge on any atom is -0.465 e. The van der Waals surface area contributed by atoms with Gasteiger partial charge in [-0.1, -0.05) is 23.7 Å². The van der Waals surface area contributed by atoms with E-state index in [9.17, 15) is 22.8 Å². The minimum atomic E-state index is -3.84. The Balaban J connectivity index is 2.34. The summed E-state index contributed by atoms with van der Waals surface area (Å²) in [6.45, 7) is -0.585. The normalized spacial score (nSPS) is 10.8. The highest BCUT2D eigenvalue weighted by Gasteiger charge is 2.23. The van der Waals surface area contributed by atoms with Gasteiger partial charge in [0.05, 0.1) is 42.3 Å². The number of nitrogens with one attached hydrogen (secondary N) is 1. The van der Waals surface area contributed by atoms with Crippen LogP contribution in [0.2, 0.25) is 5.02 Å². The largest absolute Gasteiger partial charge is 0.465 e. The average molecular weight is 455 g/mol. The maximum Gasteiger partial charge on any atom is 0.337 e. The quantitative estimate of drug-likeness (QED) is 0.637. The Morgan fingerprint density at radius 1 is 1.00 bits per heavy atom. The Bertz CT molecular complexity index is 1050. The van der Waals surface area contributed by atoms with Crippen molar-refractivity contribution >= 4 is 50.8 Å². The van der Waals surface area contributed by atoms with Crippen LogP contribution in [0.1, 0.15) is 20.7 Å². The van der Waals surface area contributed by atoms with Crippen molar-refractivity contribution < 1.29 is 32.3 Å². The maximum absolute atomic E-state index is 12.6. The van der Waals surface area contributed by atoms with Gasteiger partial charge in [-0.25, -0.2) is 18.0 Å². The number of carbonyl (C=O) groups excluding carboxylic acids is 3. The second-order valence-electron chi connectivity index (χ2n) is 6.05. The molecule has 30 heavy (non-hydrogen) atoms. The van der Waals surface area contributed by atoms with Gasteiger partial charge in [0.2, 0.25) is 15.9 Å². The predicted molar refractivity (Wildman–Crippen MR) is 111 cm³/mol. The van der Waals surface area contributed by atoms with Crippen molar-refractivity contribution in [3.63, 3.8) is 0 Å². The standard InChI is InChI=1S/C19H19ClN2O7S/c1-28-18(24)12-8-13(19(25)29-2)10-14(9-12)21-17(23)11-22(30(3,26)27)16-7-5-4-6-15(16)20/h4-10H,11H2,1-3H3,(H,21,23). The molecule has 1 amide bonds. The van der Waals surface area contributed by atoms with Crippen molar-refractivity contribution in [1.29, 1.82) is 0 Å². The third-order valence-electron chi connectivity index (χ3n) is 3.87. The Hall–Kier alpha value is -3.11. The molecule has 160 valence electrons. The van der Waals surface area contributed by atoms with Crippen molar-refractivity contribution in [1.82, 2.24) is 0 Å². The number of anilines is 2. The molecule has 0 aliphatic heterocycles. The van der Waals surface area contributed by atoms with E-state index in [4.69, 9.17) is 11.6 Å². The van der Waals surface area contributed by atoms with E-state index in [2.05, 4.69) is 14.8 Å². The van der Waals surface area contributed by atoms with Crippen LogP contribution < -0.4 is 9.62 Å². The molecule has 0 bridgehead atoms. The third kappa shape index (κ3) is 5.71. The zero-order valence-electron chi connectivity index (χ0n) is 16.3. The molecule has 0 saturated heterocycles. The summed E-state index contributed by atoms with van der Waals surface area (Å²) in [6, 6.07) is 9.99. The van der Waals surface area contributed by atoms with Gasteiger partial charge in [-0.15, -0.1) is 0 Å². The van der Waals surface area contributed by atoms with Crippen LogP contribution in [0.15, 0.2) is 42.5 Å². The second kappa shape index (κ2) is 9.59. The fraction of sp³-hybridized carbons (Fsp3) is 0.211. The molecule has 2 rings (SSSR count). The summed E-state index contributed by atoms with van der Waals surface area (Å²) in [5.74, 6) is -2.19. The number of amides is 1. The number of sulfonamides is 1. The summed E-state index contributed by atoms with van der Waals surface area (Å²) in [4.78, 5) is 36.3. The molecule has 0 aliphatic rings. The SMILES string of the molecule is COC(=O)c1cc(NC(=O)CN(c2ccccc2Cl)S(C)(=O)=O)cc(C(=O)OC)c1. The van der Waals surface area contributed by atoms with Crippen molar-refractivity contribution in [2.75, 3.05) is 36.6 Å². The summed E-state index contributed by atoms with van der Waals surface area (Å²) < 4.78 is 34.5. The van der Waals surface area contributed by atoms with Crippen LogP contribution in [0.25, 0.3) is 0 Å². The highest BCUT2D eigenvalue weighted by molar-refractivity contribution is 7.92. The number of para-hydroxylation sites is 1. The number of hydrogen-bond donors (Lipinski definition) is 1. The molecule has 11 heteroatoms. The Kier molecular flexibility index (Phi) is 7.41. The first-order valence-electron chi connectivity index (χ1n) is 8.40. The lowest BCUT2D eigenvalue weighted by atomic mass is 10.1. The van der Waals surface area contributed by atoms with Gasteiger partial charge >= 0.3 is 11.9 Å². The first kappa shape index (κ1) is 23.2. The molecule has 0 unspecified atom stereocenters. The van der Waals surface area contributed by atoms with E-state index in [0.29, 0.717) is 0 Å². The summed E-state index contributed by atoms with van der Waals surface area (Å²) in [5, 5.41) is 2.62. The van der Waals surface area contributed by atoms with Crippen LogP contribution in [0.4, 0.5) is 11.4 Å². The van der Waals surface area contributed by atoms with Gasteiger partial charge in [-0.05, 0) is 30.3 Å². The maximum atomic E-state index is 12.6. The van der Waals surface area contributed by atoms with Crippen LogP contribution in [0.5, 0.6) is 0 Å². The van der Waals surface area contributed by atoms with E-state index < -0.39 is 34.4 Å². The van der Waals surface area contributed by atoms with Crippen LogP contribution in [0.3, 0.4) is 0 Å². The number of halogens is 1. The van der Waals surface area contributed by atoms with Crippen molar-refractivity contribution in [3.8, 4) is 0 Å². The lowest BCUT2D eigenvalue weighted by molar-refractivity contribution is -0.114. The molecule has 0 aromatic heterocycles. The predicted octanol–water partition coefficient (Wildman–Crippen LogP) is 2.32. The molecule has 0 saturated carbocycles. The Morgan fingerprint density at radius 2 is 1.53 bits per heavy atom. The zero-order chi connectivity index (χ0) is 22.5. The van der Waals surface area contributed by atoms with Crippen LogP contribution >= 0.6 is 11.6 Å². The highest BCUT2D eigenvalue weighted by Crippen LogP contribution is 2.27. The summed E-state index contributed by atoms with van der Waals surface area (Å²) in [6.07, 6.45) is 0.941. The van der Waals surface area contributed by atoms with Gasteiger partial charge < -0.3 is 14.8 Å². The molecule has 0 fully saturated rings. The van der Waals surface area contributed by atoms with Crippen LogP contribution in [0, 0.1) is 0 Å². The molecule has 0 spiro atoms. The van der Waals surface area contributed by atoms with Crippen molar-refractivity contribution in [3.05, 3.63) is 58.6 Å². The molecule has 0 atom stereocenters. The number of hydrogen-bond acceptors (Lipinski definition) is 7. The molecule has 0 radical (unpaired) electrons. The van der Waals surface area contributed by atoms with Gasteiger partial charge in [0.1, 0.15) is 6.54 Å². The van der Waals surface area contributed by atoms with E-state index in [0.717, 1.165) is 10.6 Å². The van der Waals surface area contributed by atoms with Gasteiger partial charge in [-0.2, -0.15) is 0 Å². The number of nitrogens with zero attached hydrogens (tertiary/aromatic N) is 1. The van der Waals surface area contributed by atoms with Gasteiger partial charge in [0.25, 0.3) is 0 Å². The van der Waals surface area contributed by atoms with Gasteiger partial charge in [0, 0.05) is 5.69 Å². The first-order chi connectivity index (χ1) is 14.1. The Labute approximate surface area is 178 Å². The van der Waals surface area contributed by atoms with Gasteiger partial charge in [0.15, 0.2) is 0 Å². The number of esters is 2. The molecule has 0 aliphatic carbocycles. The van der Waals surface area contributed by atoms with E-state index >= 15 is 0 Å².